The summed E-state index contributed by atoms with van der Waals surface area (Å²) in [5.74, 6) is 0.920. The van der Waals surface area contributed by atoms with E-state index in [-0.39, 0.29) is 5.69 Å². The summed E-state index contributed by atoms with van der Waals surface area (Å²) in [4.78, 5) is 10.7. The minimum Gasteiger partial charge on any atom is -0.341 e. The van der Waals surface area contributed by atoms with E-state index in [1.54, 1.807) is 6.20 Å². The molecule has 0 N–H and O–H groups in total. The smallest absolute Gasteiger partial charge is 0.280 e. The Morgan fingerprint density at radius 3 is 2.75 bits per heavy atom. The van der Waals surface area contributed by atoms with Crippen molar-refractivity contribution in [3.05, 3.63) is 23.7 Å². The van der Waals surface area contributed by atoms with E-state index in [9.17, 15) is 8.78 Å². The summed E-state index contributed by atoms with van der Waals surface area (Å²) in [6.07, 6.45) is 1.26. The molecule has 1 atom stereocenters. The van der Waals surface area contributed by atoms with Gasteiger partial charge in [0.15, 0.2) is 0 Å². The van der Waals surface area contributed by atoms with Crippen LogP contribution in [0.15, 0.2) is 12.3 Å². The molecule has 0 aliphatic carbocycles. The molecule has 1 aliphatic rings. The summed E-state index contributed by atoms with van der Waals surface area (Å²) >= 11 is 0. The summed E-state index contributed by atoms with van der Waals surface area (Å²) in [7, 11) is 0. The van der Waals surface area contributed by atoms with Crippen molar-refractivity contribution in [1.82, 2.24) is 19.7 Å². The van der Waals surface area contributed by atoms with E-state index in [2.05, 4.69) is 22.0 Å². The van der Waals surface area contributed by atoms with Gasteiger partial charge in [-0.3, -0.25) is 4.68 Å². The molecule has 2 aromatic heterocycles. The molecule has 0 aromatic carbocycles. The fourth-order valence-electron chi connectivity index (χ4n) is 3.23. The average Bonchev–Trinajstić information content (AvgIpc) is 2.95. The maximum absolute atomic E-state index is 13.3. The van der Waals surface area contributed by atoms with Crippen LogP contribution in [0.2, 0.25) is 0 Å². The highest BCUT2D eigenvalue weighted by molar-refractivity contribution is 5.63. The third-order valence-corrected chi connectivity index (χ3v) is 4.58. The first-order chi connectivity index (χ1) is 11.5. The largest absolute Gasteiger partial charge is 0.341 e. The van der Waals surface area contributed by atoms with Gasteiger partial charge in [0.1, 0.15) is 5.69 Å². The van der Waals surface area contributed by atoms with Crippen LogP contribution in [0.3, 0.4) is 0 Å². The monoisotopic (exact) mass is 335 g/mol. The van der Waals surface area contributed by atoms with Crippen molar-refractivity contribution < 1.29 is 8.78 Å². The highest BCUT2D eigenvalue weighted by Crippen LogP contribution is 2.29. The molecule has 5 nitrogen and oxygen atoms in total. The molecule has 3 heterocycles. The van der Waals surface area contributed by atoms with Crippen LogP contribution < -0.4 is 4.90 Å². The van der Waals surface area contributed by atoms with E-state index in [0.717, 1.165) is 43.7 Å². The number of hydrogen-bond acceptors (Lipinski definition) is 4. The molecule has 1 aliphatic heterocycles. The normalized spacial score (nSPS) is 18.4. The lowest BCUT2D eigenvalue weighted by atomic mass is 10.0. The van der Waals surface area contributed by atoms with Crippen molar-refractivity contribution in [2.24, 2.45) is 5.92 Å². The first kappa shape index (κ1) is 16.8. The number of alkyl halides is 2. The Balaban J connectivity index is 2.04. The van der Waals surface area contributed by atoms with Gasteiger partial charge in [-0.2, -0.15) is 5.10 Å². The van der Waals surface area contributed by atoms with Gasteiger partial charge in [0.05, 0.1) is 11.9 Å². The molecular weight excluding hydrogens is 312 g/mol. The molecule has 0 saturated carbocycles. The predicted molar refractivity (Wildman–Crippen MR) is 89.2 cm³/mol. The second-order valence-corrected chi connectivity index (χ2v) is 6.43. The molecule has 3 rings (SSSR count). The van der Waals surface area contributed by atoms with Crippen LogP contribution in [0, 0.1) is 12.8 Å². The van der Waals surface area contributed by atoms with Gasteiger partial charge in [-0.15, -0.1) is 0 Å². The third-order valence-electron chi connectivity index (χ3n) is 4.58. The highest BCUT2D eigenvalue weighted by atomic mass is 19.3. The fraction of sp³-hybridized carbons (Fsp3) is 0.588. The van der Waals surface area contributed by atoms with E-state index in [1.165, 1.54) is 6.07 Å². The number of aryl methyl sites for hydroxylation is 1. The van der Waals surface area contributed by atoms with Crippen LogP contribution >= 0.6 is 0 Å². The maximum Gasteiger partial charge on any atom is 0.280 e. The molecule has 0 spiro atoms. The van der Waals surface area contributed by atoms with E-state index in [1.807, 2.05) is 23.4 Å². The van der Waals surface area contributed by atoms with Crippen molar-refractivity contribution in [3.8, 4) is 11.3 Å². The van der Waals surface area contributed by atoms with Crippen molar-refractivity contribution >= 4 is 5.95 Å². The second kappa shape index (κ2) is 6.83. The second-order valence-electron chi connectivity index (χ2n) is 6.43. The third kappa shape index (κ3) is 3.25. The van der Waals surface area contributed by atoms with Crippen molar-refractivity contribution in [2.45, 2.75) is 46.6 Å². The van der Waals surface area contributed by atoms with Gasteiger partial charge < -0.3 is 4.90 Å². The number of rotatable bonds is 4. The Morgan fingerprint density at radius 1 is 1.33 bits per heavy atom. The Hall–Kier alpha value is -2.05. The standard InChI is InChI=1S/C17H23F2N5/c1-4-24-12(3)13(9-20-24)14-8-15(16(18)19)22-17(21-14)23-7-5-6-11(2)10-23/h8-9,11,16H,4-7,10H2,1-3H3/t11-/m0/s1. The van der Waals surface area contributed by atoms with Crippen molar-refractivity contribution in [3.63, 3.8) is 0 Å². The summed E-state index contributed by atoms with van der Waals surface area (Å²) in [5.41, 5.74) is 2.00. The van der Waals surface area contributed by atoms with E-state index < -0.39 is 6.43 Å². The van der Waals surface area contributed by atoms with Crippen LogP contribution in [-0.4, -0.2) is 32.8 Å². The lowest BCUT2D eigenvalue weighted by molar-refractivity contribution is 0.146. The number of nitrogens with zero attached hydrogens (tertiary/aromatic N) is 5. The number of hydrogen-bond donors (Lipinski definition) is 0. The first-order valence-electron chi connectivity index (χ1n) is 8.44. The lowest BCUT2D eigenvalue weighted by Gasteiger charge is -2.31. The van der Waals surface area contributed by atoms with Crippen molar-refractivity contribution in [2.75, 3.05) is 18.0 Å². The van der Waals surface area contributed by atoms with Crippen LogP contribution in [0.25, 0.3) is 11.3 Å². The minimum atomic E-state index is -2.62. The molecule has 7 heteroatoms. The summed E-state index contributed by atoms with van der Waals surface area (Å²) in [6.45, 7) is 8.44. The fourth-order valence-corrected chi connectivity index (χ4v) is 3.23. The quantitative estimate of drug-likeness (QED) is 0.852. The predicted octanol–water partition coefficient (Wildman–Crippen LogP) is 3.84. The van der Waals surface area contributed by atoms with Crippen LogP contribution in [-0.2, 0) is 6.54 Å². The maximum atomic E-state index is 13.3. The number of halogens is 2. The lowest BCUT2D eigenvalue weighted by Crippen LogP contribution is -2.35. The Bertz CT molecular complexity index is 713. The van der Waals surface area contributed by atoms with Gasteiger partial charge in [0.25, 0.3) is 6.43 Å². The van der Waals surface area contributed by atoms with E-state index in [4.69, 9.17) is 0 Å². The highest BCUT2D eigenvalue weighted by Gasteiger charge is 2.22. The van der Waals surface area contributed by atoms with Gasteiger partial charge in [-0.05, 0) is 38.7 Å². The molecule has 0 radical (unpaired) electrons. The number of anilines is 1. The van der Waals surface area contributed by atoms with Crippen molar-refractivity contribution in [1.29, 1.82) is 0 Å². The first-order valence-corrected chi connectivity index (χ1v) is 8.44. The van der Waals surface area contributed by atoms with Gasteiger partial charge in [0.2, 0.25) is 5.95 Å². The van der Waals surface area contributed by atoms with Crippen LogP contribution in [0.5, 0.6) is 0 Å². The van der Waals surface area contributed by atoms with Gasteiger partial charge in [-0.25, -0.2) is 18.7 Å². The molecule has 0 unspecified atom stereocenters. The van der Waals surface area contributed by atoms with Gasteiger partial charge in [0, 0.05) is 30.9 Å². The Kier molecular flexibility index (Phi) is 4.78. The average molecular weight is 335 g/mol. The SMILES string of the molecule is CCn1ncc(-c2cc(C(F)F)nc(N3CCC[C@H](C)C3)n2)c1C. The minimum absolute atomic E-state index is 0.225. The molecule has 0 bridgehead atoms. The van der Waals surface area contributed by atoms with Crippen LogP contribution in [0.1, 0.15) is 44.5 Å². The van der Waals surface area contributed by atoms with Gasteiger partial charge >= 0.3 is 0 Å². The number of piperidine rings is 1. The molecule has 130 valence electrons. The summed E-state index contributed by atoms with van der Waals surface area (Å²) in [5, 5.41) is 4.29. The molecule has 2 aromatic rings. The molecular formula is C17H23F2N5. The molecule has 24 heavy (non-hydrogen) atoms. The Morgan fingerprint density at radius 2 is 2.12 bits per heavy atom. The zero-order chi connectivity index (χ0) is 17.3. The topological polar surface area (TPSA) is 46.8 Å². The number of aromatic nitrogens is 4. The Labute approximate surface area is 140 Å². The van der Waals surface area contributed by atoms with Gasteiger partial charge in [-0.1, -0.05) is 6.92 Å². The van der Waals surface area contributed by atoms with Crippen LogP contribution in [0.4, 0.5) is 14.7 Å². The molecule has 1 fully saturated rings. The zero-order valence-corrected chi connectivity index (χ0v) is 14.3. The van der Waals surface area contributed by atoms with E-state index in [0.29, 0.717) is 17.6 Å². The van der Waals surface area contributed by atoms with E-state index >= 15 is 0 Å². The molecule has 1 saturated heterocycles. The summed E-state index contributed by atoms with van der Waals surface area (Å²) in [6, 6.07) is 1.38. The molecule has 0 amide bonds. The zero-order valence-electron chi connectivity index (χ0n) is 14.3. The summed E-state index contributed by atoms with van der Waals surface area (Å²) < 4.78 is 28.5.